The van der Waals surface area contributed by atoms with Crippen molar-refractivity contribution in [3.8, 4) is 0 Å². The van der Waals surface area contributed by atoms with Gasteiger partial charge in [-0.2, -0.15) is 0 Å². The molecule has 2 fully saturated rings. The van der Waals surface area contributed by atoms with Crippen LogP contribution in [0.15, 0.2) is 0 Å². The Bertz CT molecular complexity index is 180. The fraction of sp³-hybridized carbons (Fsp3) is 1.00. The SMILES string of the molecule is CC1OCCC1N(C)C1CCNCC1. The highest BCUT2D eigenvalue weighted by Gasteiger charge is 2.31. The van der Waals surface area contributed by atoms with E-state index in [1.165, 1.54) is 32.4 Å². The van der Waals surface area contributed by atoms with Gasteiger partial charge in [0.15, 0.2) is 0 Å². The summed E-state index contributed by atoms with van der Waals surface area (Å²) in [6, 6.07) is 1.42. The van der Waals surface area contributed by atoms with Gasteiger partial charge in [-0.05, 0) is 46.3 Å². The number of ether oxygens (including phenoxy) is 1. The Kier molecular flexibility index (Phi) is 3.42. The van der Waals surface area contributed by atoms with Crippen LogP contribution in [-0.4, -0.2) is 49.8 Å². The van der Waals surface area contributed by atoms with Gasteiger partial charge in [-0.1, -0.05) is 0 Å². The molecular formula is C11H22N2O. The predicted octanol–water partition coefficient (Wildman–Crippen LogP) is 0.848. The quantitative estimate of drug-likeness (QED) is 0.712. The summed E-state index contributed by atoms with van der Waals surface area (Å²) in [5.74, 6) is 0. The molecule has 0 aromatic carbocycles. The third kappa shape index (κ3) is 2.10. The molecule has 14 heavy (non-hydrogen) atoms. The van der Waals surface area contributed by atoms with Crippen molar-refractivity contribution >= 4 is 0 Å². The van der Waals surface area contributed by atoms with Gasteiger partial charge < -0.3 is 10.1 Å². The van der Waals surface area contributed by atoms with E-state index in [1.807, 2.05) is 0 Å². The lowest BCUT2D eigenvalue weighted by atomic mass is 10.0. The molecule has 0 aliphatic carbocycles. The number of rotatable bonds is 2. The van der Waals surface area contributed by atoms with Crippen LogP contribution < -0.4 is 5.32 Å². The van der Waals surface area contributed by atoms with Gasteiger partial charge in [0.05, 0.1) is 6.10 Å². The molecule has 0 aromatic rings. The van der Waals surface area contributed by atoms with E-state index in [-0.39, 0.29) is 0 Å². The first kappa shape index (κ1) is 10.4. The van der Waals surface area contributed by atoms with Crippen molar-refractivity contribution in [3.05, 3.63) is 0 Å². The number of likely N-dealkylation sites (N-methyl/N-ethyl adjacent to an activating group) is 1. The molecule has 2 rings (SSSR count). The summed E-state index contributed by atoms with van der Waals surface area (Å²) in [6.45, 7) is 5.50. The van der Waals surface area contributed by atoms with Gasteiger partial charge in [0, 0.05) is 18.7 Å². The summed E-state index contributed by atoms with van der Waals surface area (Å²) in [6.07, 6.45) is 4.22. The molecule has 82 valence electrons. The minimum absolute atomic E-state index is 0.426. The van der Waals surface area contributed by atoms with Gasteiger partial charge in [-0.15, -0.1) is 0 Å². The van der Waals surface area contributed by atoms with E-state index in [9.17, 15) is 0 Å². The van der Waals surface area contributed by atoms with Crippen molar-refractivity contribution < 1.29 is 4.74 Å². The maximum Gasteiger partial charge on any atom is 0.0703 e. The zero-order valence-corrected chi connectivity index (χ0v) is 9.33. The summed E-state index contributed by atoms with van der Waals surface area (Å²) in [4.78, 5) is 2.55. The van der Waals surface area contributed by atoms with Gasteiger partial charge >= 0.3 is 0 Å². The summed E-state index contributed by atoms with van der Waals surface area (Å²) in [5.41, 5.74) is 0. The first-order valence-electron chi connectivity index (χ1n) is 5.83. The van der Waals surface area contributed by atoms with E-state index in [2.05, 4.69) is 24.2 Å². The van der Waals surface area contributed by atoms with Crippen LogP contribution in [0.3, 0.4) is 0 Å². The van der Waals surface area contributed by atoms with Crippen molar-refractivity contribution in [1.29, 1.82) is 0 Å². The van der Waals surface area contributed by atoms with Gasteiger partial charge in [-0.25, -0.2) is 0 Å². The molecule has 2 aliphatic rings. The first-order valence-corrected chi connectivity index (χ1v) is 5.83. The fourth-order valence-electron chi connectivity index (χ4n) is 2.74. The zero-order chi connectivity index (χ0) is 9.97. The lowest BCUT2D eigenvalue weighted by Gasteiger charge is -2.36. The van der Waals surface area contributed by atoms with Crippen LogP contribution in [0, 0.1) is 0 Å². The summed E-state index contributed by atoms with van der Waals surface area (Å²) >= 11 is 0. The monoisotopic (exact) mass is 198 g/mol. The molecule has 0 aromatic heterocycles. The van der Waals surface area contributed by atoms with Crippen LogP contribution >= 0.6 is 0 Å². The van der Waals surface area contributed by atoms with Crippen molar-refractivity contribution in [2.45, 2.75) is 44.4 Å². The van der Waals surface area contributed by atoms with Gasteiger partial charge in [0.2, 0.25) is 0 Å². The van der Waals surface area contributed by atoms with Crippen LogP contribution in [0.4, 0.5) is 0 Å². The minimum atomic E-state index is 0.426. The highest BCUT2D eigenvalue weighted by atomic mass is 16.5. The van der Waals surface area contributed by atoms with E-state index in [4.69, 9.17) is 4.74 Å². The molecule has 0 spiro atoms. The summed E-state index contributed by atoms with van der Waals surface area (Å²) in [5, 5.41) is 3.41. The number of piperidine rings is 1. The second kappa shape index (κ2) is 4.60. The molecule has 2 heterocycles. The van der Waals surface area contributed by atoms with Crippen LogP contribution in [0.5, 0.6) is 0 Å². The Balaban J connectivity index is 1.89. The molecule has 2 unspecified atom stereocenters. The first-order chi connectivity index (χ1) is 6.79. The molecule has 3 heteroatoms. The maximum absolute atomic E-state index is 5.62. The Hall–Kier alpha value is -0.120. The average molecular weight is 198 g/mol. The average Bonchev–Trinajstić information content (AvgIpc) is 2.65. The van der Waals surface area contributed by atoms with Crippen molar-refractivity contribution in [2.75, 3.05) is 26.7 Å². The van der Waals surface area contributed by atoms with E-state index in [0.717, 1.165) is 12.6 Å². The molecule has 2 atom stereocenters. The van der Waals surface area contributed by atoms with Crippen LogP contribution in [-0.2, 0) is 4.74 Å². The summed E-state index contributed by atoms with van der Waals surface area (Å²) < 4.78 is 5.62. The van der Waals surface area contributed by atoms with Gasteiger partial charge in [0.1, 0.15) is 0 Å². The summed E-state index contributed by atoms with van der Waals surface area (Å²) in [7, 11) is 2.27. The second-order valence-corrected chi connectivity index (χ2v) is 4.58. The lowest BCUT2D eigenvalue weighted by molar-refractivity contribution is 0.0602. The molecule has 2 aliphatic heterocycles. The fourth-order valence-corrected chi connectivity index (χ4v) is 2.74. The van der Waals surface area contributed by atoms with Crippen molar-refractivity contribution in [1.82, 2.24) is 10.2 Å². The largest absolute Gasteiger partial charge is 0.377 e. The molecular weight excluding hydrogens is 176 g/mol. The van der Waals surface area contributed by atoms with Crippen LogP contribution in [0.25, 0.3) is 0 Å². The number of nitrogens with one attached hydrogen (secondary N) is 1. The third-order valence-corrected chi connectivity index (χ3v) is 3.74. The van der Waals surface area contributed by atoms with Gasteiger partial charge in [0.25, 0.3) is 0 Å². The third-order valence-electron chi connectivity index (χ3n) is 3.74. The topological polar surface area (TPSA) is 24.5 Å². The predicted molar refractivity (Wildman–Crippen MR) is 57.5 cm³/mol. The molecule has 0 bridgehead atoms. The van der Waals surface area contributed by atoms with E-state index < -0.39 is 0 Å². The standard InChI is InChI=1S/C11H22N2O/c1-9-11(5-8-14-9)13(2)10-3-6-12-7-4-10/h9-12H,3-8H2,1-2H3. The van der Waals surface area contributed by atoms with E-state index >= 15 is 0 Å². The van der Waals surface area contributed by atoms with E-state index in [1.54, 1.807) is 0 Å². The Morgan fingerprint density at radius 3 is 2.50 bits per heavy atom. The molecule has 0 radical (unpaired) electrons. The van der Waals surface area contributed by atoms with Crippen molar-refractivity contribution in [3.63, 3.8) is 0 Å². The lowest BCUT2D eigenvalue weighted by Crippen LogP contribution is -2.48. The number of nitrogens with zero attached hydrogens (tertiary/aromatic N) is 1. The second-order valence-electron chi connectivity index (χ2n) is 4.58. The van der Waals surface area contributed by atoms with Crippen molar-refractivity contribution in [2.24, 2.45) is 0 Å². The molecule has 1 N–H and O–H groups in total. The minimum Gasteiger partial charge on any atom is -0.377 e. The number of hydrogen-bond donors (Lipinski definition) is 1. The number of hydrogen-bond acceptors (Lipinski definition) is 3. The van der Waals surface area contributed by atoms with Crippen LogP contribution in [0.1, 0.15) is 26.2 Å². The van der Waals surface area contributed by atoms with Gasteiger partial charge in [-0.3, -0.25) is 4.90 Å². The molecule has 3 nitrogen and oxygen atoms in total. The normalized spacial score (nSPS) is 35.4. The maximum atomic E-state index is 5.62. The molecule has 0 amide bonds. The Morgan fingerprint density at radius 1 is 1.21 bits per heavy atom. The molecule has 2 saturated heterocycles. The Labute approximate surface area is 86.8 Å². The smallest absolute Gasteiger partial charge is 0.0703 e. The zero-order valence-electron chi connectivity index (χ0n) is 9.33. The highest BCUT2D eigenvalue weighted by Crippen LogP contribution is 2.22. The van der Waals surface area contributed by atoms with Crippen LogP contribution in [0.2, 0.25) is 0 Å². The Morgan fingerprint density at radius 2 is 1.93 bits per heavy atom. The molecule has 0 saturated carbocycles. The highest BCUT2D eigenvalue weighted by molar-refractivity contribution is 4.86. The van der Waals surface area contributed by atoms with E-state index in [0.29, 0.717) is 12.1 Å².